The Morgan fingerprint density at radius 2 is 2.33 bits per heavy atom. The number of rotatable bonds is 3. The van der Waals surface area contributed by atoms with E-state index in [-0.39, 0.29) is 12.7 Å². The van der Waals surface area contributed by atoms with Crippen molar-refractivity contribution >= 4 is 11.6 Å². The molecule has 5 heteroatoms. The van der Waals surface area contributed by atoms with Crippen molar-refractivity contribution in [3.63, 3.8) is 0 Å². The van der Waals surface area contributed by atoms with Crippen LogP contribution >= 0.6 is 11.6 Å². The molecule has 0 aliphatic heterocycles. The fourth-order valence-corrected chi connectivity index (χ4v) is 0.711. The summed E-state index contributed by atoms with van der Waals surface area (Å²) in [5, 5.41) is 16.2. The molecule has 1 aromatic rings. The molecule has 0 saturated carbocycles. The van der Waals surface area contributed by atoms with Crippen LogP contribution in [0, 0.1) is 0 Å². The zero-order chi connectivity index (χ0) is 8.97. The third-order valence-corrected chi connectivity index (χ3v) is 1.39. The van der Waals surface area contributed by atoms with E-state index >= 15 is 0 Å². The fourth-order valence-electron chi connectivity index (χ4n) is 0.610. The molecule has 0 bridgehead atoms. The molecule has 0 spiro atoms. The lowest BCUT2D eigenvalue weighted by molar-refractivity contribution is 0.124. The predicted molar refractivity (Wildman–Crippen MR) is 44.2 cm³/mol. The van der Waals surface area contributed by atoms with Gasteiger partial charge in [-0.25, -0.2) is 0 Å². The monoisotopic (exact) mass is 188 g/mol. The molecule has 0 amide bonds. The minimum absolute atomic E-state index is 0.0513. The van der Waals surface area contributed by atoms with Gasteiger partial charge in [-0.15, -0.1) is 10.2 Å². The van der Waals surface area contributed by atoms with Crippen LogP contribution in [0.25, 0.3) is 0 Å². The van der Waals surface area contributed by atoms with Crippen molar-refractivity contribution < 1.29 is 9.84 Å². The Morgan fingerprint density at radius 1 is 1.58 bits per heavy atom. The van der Waals surface area contributed by atoms with Gasteiger partial charge in [0.05, 0.1) is 6.61 Å². The Bertz CT molecular complexity index is 240. The number of ether oxygens (including phenoxy) is 1. The van der Waals surface area contributed by atoms with Crippen molar-refractivity contribution in [3.05, 3.63) is 17.3 Å². The summed E-state index contributed by atoms with van der Waals surface area (Å²) in [5.74, 6) is 0.362. The smallest absolute Gasteiger partial charge is 0.233 e. The first-order chi connectivity index (χ1) is 5.72. The van der Waals surface area contributed by atoms with Crippen molar-refractivity contribution in [2.24, 2.45) is 0 Å². The molecule has 66 valence electrons. The number of aliphatic hydroxyl groups excluding tert-OH is 1. The average molecular weight is 189 g/mol. The molecule has 0 fully saturated rings. The van der Waals surface area contributed by atoms with Gasteiger partial charge in [0.1, 0.15) is 6.10 Å². The zero-order valence-electron chi connectivity index (χ0n) is 6.57. The minimum Gasteiger partial charge on any atom is -0.471 e. The molecule has 1 atom stereocenters. The number of halogens is 1. The number of hydrogen-bond donors (Lipinski definition) is 1. The van der Waals surface area contributed by atoms with Crippen LogP contribution in [0.4, 0.5) is 0 Å². The van der Waals surface area contributed by atoms with Crippen molar-refractivity contribution in [1.82, 2.24) is 10.2 Å². The van der Waals surface area contributed by atoms with Crippen LogP contribution < -0.4 is 4.74 Å². The first-order valence-corrected chi connectivity index (χ1v) is 3.87. The van der Waals surface area contributed by atoms with Gasteiger partial charge in [0.25, 0.3) is 0 Å². The molecule has 0 radical (unpaired) electrons. The molecule has 1 aromatic heterocycles. The SMILES string of the molecule is CC(CO)Oc1ccc(Cl)nn1. The van der Waals surface area contributed by atoms with E-state index in [1.807, 2.05) is 0 Å². The highest BCUT2D eigenvalue weighted by Crippen LogP contribution is 2.09. The Morgan fingerprint density at radius 3 is 2.83 bits per heavy atom. The second-order valence-electron chi connectivity index (χ2n) is 2.31. The second kappa shape index (κ2) is 4.23. The Balaban J connectivity index is 2.58. The van der Waals surface area contributed by atoms with E-state index in [1.54, 1.807) is 19.1 Å². The quantitative estimate of drug-likeness (QED) is 0.766. The van der Waals surface area contributed by atoms with Gasteiger partial charge in [0.2, 0.25) is 5.88 Å². The standard InChI is InChI=1S/C7H9ClN2O2/c1-5(4-11)12-7-3-2-6(8)9-10-7/h2-3,5,11H,4H2,1H3. The number of nitrogens with zero attached hydrogens (tertiary/aromatic N) is 2. The Kier molecular flexibility index (Phi) is 3.25. The molecular weight excluding hydrogens is 180 g/mol. The normalized spacial score (nSPS) is 12.6. The van der Waals surface area contributed by atoms with E-state index in [4.69, 9.17) is 21.4 Å². The van der Waals surface area contributed by atoms with Crippen molar-refractivity contribution in [3.8, 4) is 5.88 Å². The molecular formula is C7H9ClN2O2. The molecule has 0 saturated heterocycles. The number of hydrogen-bond acceptors (Lipinski definition) is 4. The van der Waals surface area contributed by atoms with Gasteiger partial charge < -0.3 is 9.84 Å². The molecule has 0 aliphatic rings. The zero-order valence-corrected chi connectivity index (χ0v) is 7.32. The van der Waals surface area contributed by atoms with E-state index in [9.17, 15) is 0 Å². The lowest BCUT2D eigenvalue weighted by atomic mass is 10.4. The van der Waals surface area contributed by atoms with Gasteiger partial charge in [0.15, 0.2) is 5.15 Å². The highest BCUT2D eigenvalue weighted by molar-refractivity contribution is 6.29. The van der Waals surface area contributed by atoms with E-state index in [1.165, 1.54) is 0 Å². The Hall–Kier alpha value is -0.870. The number of aliphatic hydroxyl groups is 1. The van der Waals surface area contributed by atoms with Gasteiger partial charge in [-0.3, -0.25) is 0 Å². The maximum Gasteiger partial charge on any atom is 0.233 e. The third-order valence-electron chi connectivity index (χ3n) is 1.19. The maximum atomic E-state index is 8.65. The highest BCUT2D eigenvalue weighted by atomic mass is 35.5. The molecule has 4 nitrogen and oxygen atoms in total. The van der Waals surface area contributed by atoms with E-state index < -0.39 is 0 Å². The maximum absolute atomic E-state index is 8.65. The van der Waals surface area contributed by atoms with Crippen LogP contribution in [-0.2, 0) is 0 Å². The van der Waals surface area contributed by atoms with Crippen LogP contribution in [0.5, 0.6) is 5.88 Å². The van der Waals surface area contributed by atoms with Crippen LogP contribution in [0.3, 0.4) is 0 Å². The number of aromatic nitrogens is 2. The minimum atomic E-state index is -0.277. The van der Waals surface area contributed by atoms with Gasteiger partial charge >= 0.3 is 0 Å². The van der Waals surface area contributed by atoms with E-state index in [0.29, 0.717) is 11.0 Å². The lowest BCUT2D eigenvalue weighted by Crippen LogP contribution is -2.16. The van der Waals surface area contributed by atoms with Crippen molar-refractivity contribution in [2.45, 2.75) is 13.0 Å². The van der Waals surface area contributed by atoms with Gasteiger partial charge in [-0.05, 0) is 13.0 Å². The summed E-state index contributed by atoms with van der Waals surface area (Å²) in [6.07, 6.45) is -0.277. The summed E-state index contributed by atoms with van der Waals surface area (Å²) in [6, 6.07) is 3.18. The molecule has 1 unspecified atom stereocenters. The van der Waals surface area contributed by atoms with Crippen molar-refractivity contribution in [1.29, 1.82) is 0 Å². The van der Waals surface area contributed by atoms with Crippen molar-refractivity contribution in [2.75, 3.05) is 6.61 Å². The molecule has 0 aliphatic carbocycles. The largest absolute Gasteiger partial charge is 0.471 e. The van der Waals surface area contributed by atoms with Gasteiger partial charge in [-0.1, -0.05) is 11.6 Å². The Labute approximate surface area is 75.1 Å². The summed E-state index contributed by atoms with van der Waals surface area (Å²) < 4.78 is 5.14. The molecule has 1 heterocycles. The summed E-state index contributed by atoms with van der Waals surface area (Å²) in [6.45, 7) is 1.68. The van der Waals surface area contributed by atoms with Crippen LogP contribution in [0.2, 0.25) is 5.15 Å². The second-order valence-corrected chi connectivity index (χ2v) is 2.69. The lowest BCUT2D eigenvalue weighted by Gasteiger charge is -2.09. The first-order valence-electron chi connectivity index (χ1n) is 3.49. The third kappa shape index (κ3) is 2.64. The summed E-state index contributed by atoms with van der Waals surface area (Å²) >= 11 is 5.50. The topological polar surface area (TPSA) is 55.2 Å². The summed E-state index contributed by atoms with van der Waals surface area (Å²) in [5.41, 5.74) is 0. The molecule has 12 heavy (non-hydrogen) atoms. The van der Waals surface area contributed by atoms with Crippen LogP contribution in [0.1, 0.15) is 6.92 Å². The summed E-state index contributed by atoms with van der Waals surface area (Å²) in [7, 11) is 0. The fraction of sp³-hybridized carbons (Fsp3) is 0.429. The molecule has 1 N–H and O–H groups in total. The summed E-state index contributed by atoms with van der Waals surface area (Å²) in [4.78, 5) is 0. The van der Waals surface area contributed by atoms with Gasteiger partial charge in [-0.2, -0.15) is 0 Å². The van der Waals surface area contributed by atoms with Crippen LogP contribution in [0.15, 0.2) is 12.1 Å². The highest BCUT2D eigenvalue weighted by Gasteiger charge is 2.02. The molecule has 0 aromatic carbocycles. The molecule has 1 rings (SSSR count). The predicted octanol–water partition coefficient (Wildman–Crippen LogP) is 0.890. The van der Waals surface area contributed by atoms with Crippen LogP contribution in [-0.4, -0.2) is 28.0 Å². The van der Waals surface area contributed by atoms with E-state index in [2.05, 4.69) is 10.2 Å². The van der Waals surface area contributed by atoms with E-state index in [0.717, 1.165) is 0 Å². The average Bonchev–Trinajstić information content (AvgIpc) is 2.09. The first kappa shape index (κ1) is 9.22. The van der Waals surface area contributed by atoms with Gasteiger partial charge in [0, 0.05) is 6.07 Å².